The summed E-state index contributed by atoms with van der Waals surface area (Å²) in [6, 6.07) is 5.52. The third-order valence-electron chi connectivity index (χ3n) is 5.83. The van der Waals surface area contributed by atoms with Crippen molar-refractivity contribution in [3.05, 3.63) is 52.2 Å². The van der Waals surface area contributed by atoms with Crippen molar-refractivity contribution in [1.29, 1.82) is 0 Å². The molecule has 0 radical (unpaired) electrons. The maximum absolute atomic E-state index is 14.0. The molecule has 32 heavy (non-hydrogen) atoms. The highest BCUT2D eigenvalue weighted by atomic mass is 32.2. The number of carbonyl (C=O) groups is 2. The quantitative estimate of drug-likeness (QED) is 0.653. The lowest BCUT2D eigenvalue weighted by atomic mass is 10.1. The van der Waals surface area contributed by atoms with Gasteiger partial charge in [0, 0.05) is 37.6 Å². The van der Waals surface area contributed by atoms with Crippen LogP contribution in [0.3, 0.4) is 0 Å². The van der Waals surface area contributed by atoms with Crippen molar-refractivity contribution < 1.29 is 26.8 Å². The van der Waals surface area contributed by atoms with Crippen molar-refractivity contribution in [3.63, 3.8) is 0 Å². The van der Waals surface area contributed by atoms with Crippen LogP contribution in [-0.4, -0.2) is 73.1 Å². The highest BCUT2D eigenvalue weighted by Crippen LogP contribution is 2.25. The smallest absolute Gasteiger partial charge is 0.246 e. The fraction of sp³-hybridized carbons (Fsp3) is 0.429. The number of rotatable bonds is 5. The first-order valence-corrected chi connectivity index (χ1v) is 12.6. The molecule has 2 saturated heterocycles. The van der Waals surface area contributed by atoms with Crippen molar-refractivity contribution in [1.82, 2.24) is 14.1 Å². The first-order chi connectivity index (χ1) is 15.3. The molecule has 4 rings (SSSR count). The summed E-state index contributed by atoms with van der Waals surface area (Å²) in [6.45, 7) is 0.713. The Morgan fingerprint density at radius 2 is 1.81 bits per heavy atom. The number of hydrogen-bond acceptors (Lipinski definition) is 5. The Labute approximate surface area is 189 Å². The number of benzene rings is 1. The van der Waals surface area contributed by atoms with Crippen LogP contribution in [0.5, 0.6) is 0 Å². The second-order valence-corrected chi connectivity index (χ2v) is 10.7. The zero-order valence-electron chi connectivity index (χ0n) is 17.2. The van der Waals surface area contributed by atoms with Crippen LogP contribution in [0.1, 0.15) is 17.7 Å². The summed E-state index contributed by atoms with van der Waals surface area (Å²) in [4.78, 5) is 29.2. The molecule has 0 bridgehead atoms. The number of sulfonamides is 1. The third-order valence-corrected chi connectivity index (χ3v) is 8.62. The number of carbonyl (C=O) groups excluding carboxylic acids is 2. The fourth-order valence-electron chi connectivity index (χ4n) is 4.16. The van der Waals surface area contributed by atoms with Gasteiger partial charge >= 0.3 is 0 Å². The molecule has 2 aliphatic heterocycles. The monoisotopic (exact) mass is 483 g/mol. The molecule has 7 nitrogen and oxygen atoms in total. The minimum Gasteiger partial charge on any atom is -0.338 e. The number of amides is 2. The zero-order chi connectivity index (χ0) is 22.9. The Morgan fingerprint density at radius 1 is 1.06 bits per heavy atom. The lowest BCUT2D eigenvalue weighted by Gasteiger charge is -2.36. The van der Waals surface area contributed by atoms with Gasteiger partial charge in [-0.3, -0.25) is 9.59 Å². The van der Waals surface area contributed by atoms with E-state index in [9.17, 15) is 26.8 Å². The van der Waals surface area contributed by atoms with Gasteiger partial charge in [-0.15, -0.1) is 11.3 Å². The Morgan fingerprint density at radius 3 is 2.50 bits per heavy atom. The standard InChI is InChI=1S/C21H23F2N3O4S2/c22-15-5-6-17(23)19(13-15)32(29,30)25-10-8-24(9-11-25)21(28)18-4-1-7-26(18)20(27)14-16-3-2-12-31-16/h2-3,5-6,12-13,18H,1,4,7-11,14H2. The largest absolute Gasteiger partial charge is 0.338 e. The van der Waals surface area contributed by atoms with E-state index >= 15 is 0 Å². The Balaban J connectivity index is 1.40. The fourth-order valence-corrected chi connectivity index (χ4v) is 6.35. The molecule has 1 aromatic carbocycles. The summed E-state index contributed by atoms with van der Waals surface area (Å²) in [6.07, 6.45) is 1.56. The number of thiophene rings is 1. The maximum Gasteiger partial charge on any atom is 0.246 e. The van der Waals surface area contributed by atoms with E-state index in [0.29, 0.717) is 19.0 Å². The molecule has 2 aliphatic rings. The lowest BCUT2D eigenvalue weighted by Crippen LogP contribution is -2.55. The predicted molar refractivity (Wildman–Crippen MR) is 114 cm³/mol. The maximum atomic E-state index is 14.0. The summed E-state index contributed by atoms with van der Waals surface area (Å²) in [5.41, 5.74) is 0. The number of likely N-dealkylation sites (tertiary alicyclic amines) is 1. The third kappa shape index (κ3) is 4.55. The molecule has 0 N–H and O–H groups in total. The average Bonchev–Trinajstić information content (AvgIpc) is 3.47. The van der Waals surface area contributed by atoms with E-state index in [0.717, 1.165) is 27.7 Å². The van der Waals surface area contributed by atoms with Crippen molar-refractivity contribution >= 4 is 33.2 Å². The highest BCUT2D eigenvalue weighted by Gasteiger charge is 2.39. The number of hydrogen-bond donors (Lipinski definition) is 0. The molecule has 1 atom stereocenters. The van der Waals surface area contributed by atoms with Crippen molar-refractivity contribution in [2.24, 2.45) is 0 Å². The van der Waals surface area contributed by atoms with E-state index in [1.54, 1.807) is 9.80 Å². The Hall–Kier alpha value is -2.37. The second kappa shape index (κ2) is 9.24. The highest BCUT2D eigenvalue weighted by molar-refractivity contribution is 7.89. The summed E-state index contributed by atoms with van der Waals surface area (Å²) in [5, 5.41) is 1.90. The van der Waals surface area contributed by atoms with Gasteiger partial charge in [-0.25, -0.2) is 17.2 Å². The molecule has 1 unspecified atom stereocenters. The van der Waals surface area contributed by atoms with E-state index in [1.807, 2.05) is 17.5 Å². The van der Waals surface area contributed by atoms with Crippen LogP contribution in [0.2, 0.25) is 0 Å². The topological polar surface area (TPSA) is 78.0 Å². The van der Waals surface area contributed by atoms with Crippen LogP contribution >= 0.6 is 11.3 Å². The van der Waals surface area contributed by atoms with Crippen LogP contribution in [0, 0.1) is 11.6 Å². The van der Waals surface area contributed by atoms with Crippen molar-refractivity contribution in [3.8, 4) is 0 Å². The molecule has 11 heteroatoms. The van der Waals surface area contributed by atoms with Crippen LogP contribution in [-0.2, 0) is 26.0 Å². The molecule has 2 aromatic rings. The lowest BCUT2D eigenvalue weighted by molar-refractivity contribution is -0.144. The van der Waals surface area contributed by atoms with Gasteiger partial charge in [-0.1, -0.05) is 6.07 Å². The summed E-state index contributed by atoms with van der Waals surface area (Å²) in [5.74, 6) is -2.15. The van der Waals surface area contributed by atoms with E-state index < -0.39 is 32.6 Å². The number of halogens is 2. The molecule has 0 aliphatic carbocycles. The first kappa shape index (κ1) is 22.8. The average molecular weight is 484 g/mol. The van der Waals surface area contributed by atoms with Gasteiger partial charge < -0.3 is 9.80 Å². The van der Waals surface area contributed by atoms with Crippen LogP contribution in [0.15, 0.2) is 40.6 Å². The minimum absolute atomic E-state index is 0.0279. The van der Waals surface area contributed by atoms with E-state index in [-0.39, 0.29) is 44.4 Å². The molecule has 2 fully saturated rings. The van der Waals surface area contributed by atoms with Crippen LogP contribution in [0.4, 0.5) is 8.78 Å². The SMILES string of the molecule is O=C(C1CCCN1C(=O)Cc1cccs1)N1CCN(S(=O)(=O)c2cc(F)ccc2F)CC1. The van der Waals surface area contributed by atoms with Gasteiger partial charge in [0.05, 0.1) is 6.42 Å². The molecule has 2 amide bonds. The van der Waals surface area contributed by atoms with Crippen molar-refractivity contribution in [2.75, 3.05) is 32.7 Å². The summed E-state index contributed by atoms with van der Waals surface area (Å²) >= 11 is 1.49. The molecular weight excluding hydrogens is 460 g/mol. The van der Waals surface area contributed by atoms with Gasteiger partial charge in [-0.05, 0) is 42.5 Å². The number of nitrogens with zero attached hydrogens (tertiary/aromatic N) is 3. The van der Waals surface area contributed by atoms with Gasteiger partial charge in [-0.2, -0.15) is 4.31 Å². The predicted octanol–water partition coefficient (Wildman–Crippen LogP) is 2.09. The molecule has 172 valence electrons. The summed E-state index contributed by atoms with van der Waals surface area (Å²) < 4.78 is 54.0. The van der Waals surface area contributed by atoms with E-state index in [2.05, 4.69) is 0 Å². The van der Waals surface area contributed by atoms with E-state index in [4.69, 9.17) is 0 Å². The summed E-state index contributed by atoms with van der Waals surface area (Å²) in [7, 11) is -4.22. The van der Waals surface area contributed by atoms with Gasteiger partial charge in [0.1, 0.15) is 22.6 Å². The molecule has 3 heterocycles. The zero-order valence-corrected chi connectivity index (χ0v) is 18.9. The van der Waals surface area contributed by atoms with E-state index in [1.165, 1.54) is 11.3 Å². The second-order valence-electron chi connectivity index (χ2n) is 7.81. The molecular formula is C21H23F2N3O4S2. The Bertz CT molecular complexity index is 1100. The first-order valence-electron chi connectivity index (χ1n) is 10.3. The molecule has 1 aromatic heterocycles. The van der Waals surface area contributed by atoms with Crippen LogP contribution < -0.4 is 0 Å². The number of piperazine rings is 1. The molecule has 0 saturated carbocycles. The van der Waals surface area contributed by atoms with Crippen LogP contribution in [0.25, 0.3) is 0 Å². The van der Waals surface area contributed by atoms with Crippen molar-refractivity contribution in [2.45, 2.75) is 30.2 Å². The normalized spacial score (nSPS) is 20.0. The Kier molecular flexibility index (Phi) is 6.59. The van der Waals surface area contributed by atoms with Gasteiger partial charge in [0.15, 0.2) is 0 Å². The van der Waals surface area contributed by atoms with Gasteiger partial charge in [0.25, 0.3) is 0 Å². The minimum atomic E-state index is -4.22. The molecule has 0 spiro atoms. The van der Waals surface area contributed by atoms with Gasteiger partial charge in [0.2, 0.25) is 21.8 Å².